The summed E-state index contributed by atoms with van der Waals surface area (Å²) >= 11 is 0. The SMILES string of the molecule is O=C(Nc1cccc(OC(F)F)c1)NC1CCCCCC1. The Morgan fingerprint density at radius 2 is 1.90 bits per heavy atom. The Morgan fingerprint density at radius 1 is 1.19 bits per heavy atom. The van der Waals surface area contributed by atoms with Crippen LogP contribution in [-0.2, 0) is 0 Å². The Kier molecular flexibility index (Phi) is 5.78. The Labute approximate surface area is 122 Å². The van der Waals surface area contributed by atoms with E-state index in [1.165, 1.54) is 25.0 Å². The number of benzene rings is 1. The third-order valence-corrected chi connectivity index (χ3v) is 3.51. The first kappa shape index (κ1) is 15.5. The van der Waals surface area contributed by atoms with Gasteiger partial charge in [-0.3, -0.25) is 0 Å². The van der Waals surface area contributed by atoms with Crippen molar-refractivity contribution in [2.75, 3.05) is 5.32 Å². The Hall–Kier alpha value is -1.85. The lowest BCUT2D eigenvalue weighted by molar-refractivity contribution is -0.0497. The molecule has 0 bridgehead atoms. The van der Waals surface area contributed by atoms with Crippen molar-refractivity contribution in [3.63, 3.8) is 0 Å². The molecule has 2 N–H and O–H groups in total. The average Bonchev–Trinajstić information content (AvgIpc) is 2.66. The number of rotatable bonds is 4. The lowest BCUT2D eigenvalue weighted by Gasteiger charge is -2.17. The third-order valence-electron chi connectivity index (χ3n) is 3.51. The van der Waals surface area contributed by atoms with Crippen LogP contribution >= 0.6 is 0 Å². The zero-order valence-corrected chi connectivity index (χ0v) is 11.8. The predicted octanol–water partition coefficient (Wildman–Crippen LogP) is 4.13. The van der Waals surface area contributed by atoms with E-state index in [0.717, 1.165) is 25.7 Å². The van der Waals surface area contributed by atoms with Gasteiger partial charge in [0.2, 0.25) is 0 Å². The zero-order chi connectivity index (χ0) is 15.1. The van der Waals surface area contributed by atoms with Gasteiger partial charge in [-0.05, 0) is 25.0 Å². The van der Waals surface area contributed by atoms with Gasteiger partial charge < -0.3 is 15.4 Å². The summed E-state index contributed by atoms with van der Waals surface area (Å²) in [6.07, 6.45) is 6.66. The summed E-state index contributed by atoms with van der Waals surface area (Å²) in [4.78, 5) is 11.9. The molecule has 0 atom stereocenters. The van der Waals surface area contributed by atoms with E-state index in [1.54, 1.807) is 12.1 Å². The fraction of sp³-hybridized carbons (Fsp3) is 0.533. The van der Waals surface area contributed by atoms with Crippen LogP contribution in [0.5, 0.6) is 5.75 Å². The van der Waals surface area contributed by atoms with Crippen molar-refractivity contribution in [1.82, 2.24) is 5.32 Å². The molecule has 0 unspecified atom stereocenters. The summed E-state index contributed by atoms with van der Waals surface area (Å²) in [6, 6.07) is 5.85. The molecular formula is C15H20F2N2O2. The van der Waals surface area contributed by atoms with Crippen LogP contribution in [0.4, 0.5) is 19.3 Å². The minimum atomic E-state index is -2.87. The predicted molar refractivity (Wildman–Crippen MR) is 76.7 cm³/mol. The second-order valence-corrected chi connectivity index (χ2v) is 5.19. The maximum atomic E-state index is 12.1. The number of amides is 2. The molecule has 21 heavy (non-hydrogen) atoms. The summed E-state index contributed by atoms with van der Waals surface area (Å²) in [7, 11) is 0. The highest BCUT2D eigenvalue weighted by molar-refractivity contribution is 5.89. The quantitative estimate of drug-likeness (QED) is 0.821. The van der Waals surface area contributed by atoms with Crippen LogP contribution in [0.3, 0.4) is 0 Å². The number of urea groups is 1. The molecule has 1 aromatic rings. The maximum Gasteiger partial charge on any atom is 0.387 e. The Balaban J connectivity index is 1.86. The highest BCUT2D eigenvalue weighted by atomic mass is 19.3. The van der Waals surface area contributed by atoms with Crippen LogP contribution in [0.1, 0.15) is 38.5 Å². The number of alkyl halides is 2. The molecule has 0 aliphatic heterocycles. The summed E-state index contributed by atoms with van der Waals surface area (Å²) < 4.78 is 28.6. The van der Waals surface area contributed by atoms with Crippen LogP contribution in [-0.4, -0.2) is 18.7 Å². The number of hydrogen-bond acceptors (Lipinski definition) is 2. The number of hydrogen-bond donors (Lipinski definition) is 2. The molecule has 1 aliphatic carbocycles. The van der Waals surface area contributed by atoms with Crippen LogP contribution < -0.4 is 15.4 Å². The largest absolute Gasteiger partial charge is 0.435 e. The molecule has 0 saturated heterocycles. The fourth-order valence-corrected chi connectivity index (χ4v) is 2.53. The van der Waals surface area contributed by atoms with Crippen LogP contribution in [0.25, 0.3) is 0 Å². The van der Waals surface area contributed by atoms with Gasteiger partial charge in [0.1, 0.15) is 5.75 Å². The van der Waals surface area contributed by atoms with Gasteiger partial charge in [-0.2, -0.15) is 8.78 Å². The lowest BCUT2D eigenvalue weighted by Crippen LogP contribution is -2.37. The summed E-state index contributed by atoms with van der Waals surface area (Å²) in [6.45, 7) is -2.87. The second kappa shape index (κ2) is 7.81. The van der Waals surface area contributed by atoms with E-state index in [-0.39, 0.29) is 17.8 Å². The molecule has 1 aliphatic rings. The molecule has 0 aromatic heterocycles. The molecular weight excluding hydrogens is 278 g/mol. The molecule has 0 heterocycles. The number of carbonyl (C=O) groups is 1. The number of carbonyl (C=O) groups excluding carboxylic acids is 1. The van der Waals surface area contributed by atoms with E-state index in [1.807, 2.05) is 0 Å². The van der Waals surface area contributed by atoms with Gasteiger partial charge in [-0.1, -0.05) is 31.7 Å². The van der Waals surface area contributed by atoms with Crippen molar-refractivity contribution < 1.29 is 18.3 Å². The molecule has 4 nitrogen and oxygen atoms in total. The molecule has 1 aromatic carbocycles. The van der Waals surface area contributed by atoms with Gasteiger partial charge in [-0.25, -0.2) is 4.79 Å². The molecule has 6 heteroatoms. The molecule has 1 saturated carbocycles. The van der Waals surface area contributed by atoms with Gasteiger partial charge in [0, 0.05) is 17.8 Å². The van der Waals surface area contributed by atoms with Gasteiger partial charge in [0.15, 0.2) is 0 Å². The van der Waals surface area contributed by atoms with Crippen molar-refractivity contribution in [2.45, 2.75) is 51.2 Å². The standard InChI is InChI=1S/C15H20F2N2O2/c16-14(17)21-13-9-5-8-12(10-13)19-15(20)18-11-6-3-1-2-4-7-11/h5,8-11,14H,1-4,6-7H2,(H2,18,19,20). The monoisotopic (exact) mass is 298 g/mol. The van der Waals surface area contributed by atoms with Gasteiger partial charge in [-0.15, -0.1) is 0 Å². The highest BCUT2D eigenvalue weighted by Gasteiger charge is 2.14. The van der Waals surface area contributed by atoms with Gasteiger partial charge in [0.25, 0.3) is 0 Å². The topological polar surface area (TPSA) is 50.4 Å². The first-order valence-electron chi connectivity index (χ1n) is 7.26. The average molecular weight is 298 g/mol. The van der Waals surface area contributed by atoms with Gasteiger partial charge >= 0.3 is 12.6 Å². The van der Waals surface area contributed by atoms with Crippen LogP contribution in [0, 0.1) is 0 Å². The van der Waals surface area contributed by atoms with Crippen molar-refractivity contribution >= 4 is 11.7 Å². The van der Waals surface area contributed by atoms with E-state index >= 15 is 0 Å². The summed E-state index contributed by atoms with van der Waals surface area (Å²) in [5, 5.41) is 5.58. The first-order valence-corrected chi connectivity index (χ1v) is 7.26. The van der Waals surface area contributed by atoms with E-state index in [9.17, 15) is 13.6 Å². The molecule has 2 rings (SSSR count). The van der Waals surface area contributed by atoms with Crippen molar-refractivity contribution in [1.29, 1.82) is 0 Å². The molecule has 0 radical (unpaired) electrons. The van der Waals surface area contributed by atoms with E-state index in [4.69, 9.17) is 0 Å². The number of anilines is 1. The number of halogens is 2. The zero-order valence-electron chi connectivity index (χ0n) is 11.8. The fourth-order valence-electron chi connectivity index (χ4n) is 2.53. The normalized spacial score (nSPS) is 16.3. The third kappa shape index (κ3) is 5.57. The minimum absolute atomic E-state index is 0.0252. The van der Waals surface area contributed by atoms with Crippen molar-refractivity contribution in [2.24, 2.45) is 0 Å². The molecule has 1 fully saturated rings. The van der Waals surface area contributed by atoms with E-state index in [2.05, 4.69) is 15.4 Å². The number of nitrogens with one attached hydrogen (secondary N) is 2. The smallest absolute Gasteiger partial charge is 0.387 e. The molecule has 116 valence electrons. The summed E-state index contributed by atoms with van der Waals surface area (Å²) in [5.74, 6) is 0.0252. The Bertz CT molecular complexity index is 461. The maximum absolute atomic E-state index is 12.1. The van der Waals surface area contributed by atoms with Crippen LogP contribution in [0.15, 0.2) is 24.3 Å². The van der Waals surface area contributed by atoms with E-state index in [0.29, 0.717) is 5.69 Å². The molecule has 2 amide bonds. The summed E-state index contributed by atoms with van der Waals surface area (Å²) in [5.41, 5.74) is 0.430. The van der Waals surface area contributed by atoms with Crippen LogP contribution in [0.2, 0.25) is 0 Å². The second-order valence-electron chi connectivity index (χ2n) is 5.19. The first-order chi connectivity index (χ1) is 10.1. The van der Waals surface area contributed by atoms with E-state index < -0.39 is 6.61 Å². The lowest BCUT2D eigenvalue weighted by atomic mass is 10.1. The van der Waals surface area contributed by atoms with Gasteiger partial charge in [0.05, 0.1) is 0 Å². The Morgan fingerprint density at radius 3 is 2.57 bits per heavy atom. The highest BCUT2D eigenvalue weighted by Crippen LogP contribution is 2.20. The van der Waals surface area contributed by atoms with Crippen molar-refractivity contribution in [3.05, 3.63) is 24.3 Å². The molecule has 0 spiro atoms. The van der Waals surface area contributed by atoms with Crippen molar-refractivity contribution in [3.8, 4) is 5.75 Å². The number of ether oxygens (including phenoxy) is 1. The minimum Gasteiger partial charge on any atom is -0.435 e.